The summed E-state index contributed by atoms with van der Waals surface area (Å²) in [7, 11) is 0. The Morgan fingerprint density at radius 1 is 1.50 bits per heavy atom. The molecule has 0 spiro atoms. The molecular formula is C14H22ClN3O2. The number of carbonyl (C=O) groups excluding carboxylic acids is 1. The van der Waals surface area contributed by atoms with Crippen molar-refractivity contribution in [1.29, 1.82) is 0 Å². The van der Waals surface area contributed by atoms with Crippen LogP contribution in [-0.2, 0) is 4.79 Å². The van der Waals surface area contributed by atoms with Gasteiger partial charge in [0.15, 0.2) is 0 Å². The lowest BCUT2D eigenvalue weighted by atomic mass is 10.2. The number of hydrogen-bond donors (Lipinski definition) is 3. The number of nitrogens with zero attached hydrogens (tertiary/aromatic N) is 1. The molecule has 112 valence electrons. The number of halogens is 1. The van der Waals surface area contributed by atoms with Crippen LogP contribution in [0.1, 0.15) is 20.3 Å². The van der Waals surface area contributed by atoms with Crippen LogP contribution in [-0.4, -0.2) is 41.7 Å². The summed E-state index contributed by atoms with van der Waals surface area (Å²) in [5, 5.41) is 12.2. The van der Waals surface area contributed by atoms with Gasteiger partial charge in [0.05, 0.1) is 17.9 Å². The largest absolute Gasteiger partial charge is 0.397 e. The first-order chi connectivity index (χ1) is 9.43. The number of hydrogen-bond acceptors (Lipinski definition) is 4. The fourth-order valence-corrected chi connectivity index (χ4v) is 1.98. The number of nitrogens with two attached hydrogens (primary N) is 1. The smallest absolute Gasteiger partial charge is 0.238 e. The Morgan fingerprint density at radius 2 is 2.20 bits per heavy atom. The van der Waals surface area contributed by atoms with Crippen LogP contribution in [0.2, 0.25) is 5.02 Å². The molecule has 0 aliphatic rings. The fraction of sp³-hybridized carbons (Fsp3) is 0.500. The van der Waals surface area contributed by atoms with E-state index in [-0.39, 0.29) is 25.1 Å². The van der Waals surface area contributed by atoms with Crippen molar-refractivity contribution in [3.8, 4) is 0 Å². The summed E-state index contributed by atoms with van der Waals surface area (Å²) in [5.74, 6) is -0.148. The average molecular weight is 300 g/mol. The number of nitrogens with one attached hydrogen (secondary N) is 1. The topological polar surface area (TPSA) is 78.6 Å². The van der Waals surface area contributed by atoms with Crippen molar-refractivity contribution >= 4 is 28.9 Å². The van der Waals surface area contributed by atoms with E-state index in [2.05, 4.69) is 5.32 Å². The van der Waals surface area contributed by atoms with Crippen LogP contribution in [0.3, 0.4) is 0 Å². The van der Waals surface area contributed by atoms with E-state index in [1.807, 2.05) is 18.7 Å². The predicted molar refractivity (Wildman–Crippen MR) is 82.9 cm³/mol. The molecule has 0 heterocycles. The van der Waals surface area contributed by atoms with Crippen LogP contribution in [0.4, 0.5) is 11.4 Å². The summed E-state index contributed by atoms with van der Waals surface area (Å²) in [6.07, 6.45) is 0.644. The zero-order valence-electron chi connectivity index (χ0n) is 11.9. The van der Waals surface area contributed by atoms with Crippen molar-refractivity contribution < 1.29 is 9.90 Å². The van der Waals surface area contributed by atoms with Gasteiger partial charge < -0.3 is 16.2 Å². The number of aliphatic hydroxyl groups excluding tert-OH is 1. The Bertz CT molecular complexity index is 452. The van der Waals surface area contributed by atoms with Crippen LogP contribution in [0, 0.1) is 0 Å². The minimum atomic E-state index is -0.148. The summed E-state index contributed by atoms with van der Waals surface area (Å²) in [6, 6.07) is 5.18. The number of carbonyl (C=O) groups is 1. The first-order valence-corrected chi connectivity index (χ1v) is 7.01. The number of nitrogen functional groups attached to an aromatic ring is 1. The van der Waals surface area contributed by atoms with E-state index in [1.165, 1.54) is 0 Å². The Labute approximate surface area is 124 Å². The number of aliphatic hydroxyl groups is 1. The standard InChI is InChI=1S/C14H22ClN3O2/c1-10(2)18(6-3-7-19)9-14(20)17-13-8-11(15)4-5-12(13)16/h4-5,8,10,19H,3,6-7,9,16H2,1-2H3,(H,17,20). The maximum absolute atomic E-state index is 12.0. The quantitative estimate of drug-likeness (QED) is 0.673. The Hall–Kier alpha value is -1.30. The lowest BCUT2D eigenvalue weighted by Gasteiger charge is -2.25. The molecule has 1 rings (SSSR count). The zero-order valence-corrected chi connectivity index (χ0v) is 12.7. The second-order valence-electron chi connectivity index (χ2n) is 4.92. The maximum atomic E-state index is 12.0. The van der Waals surface area contributed by atoms with E-state index in [1.54, 1.807) is 18.2 Å². The molecule has 0 unspecified atom stereocenters. The highest BCUT2D eigenvalue weighted by atomic mass is 35.5. The van der Waals surface area contributed by atoms with Gasteiger partial charge in [-0.05, 0) is 38.5 Å². The minimum Gasteiger partial charge on any atom is -0.397 e. The Balaban J connectivity index is 2.63. The summed E-state index contributed by atoms with van der Waals surface area (Å²) in [4.78, 5) is 14.0. The third-order valence-corrected chi connectivity index (χ3v) is 3.20. The summed E-state index contributed by atoms with van der Waals surface area (Å²) >= 11 is 5.88. The van der Waals surface area contributed by atoms with Crippen LogP contribution in [0.5, 0.6) is 0 Å². The molecule has 0 aliphatic heterocycles. The highest BCUT2D eigenvalue weighted by Gasteiger charge is 2.14. The number of rotatable bonds is 7. The number of benzene rings is 1. The average Bonchev–Trinajstić information content (AvgIpc) is 2.38. The van der Waals surface area contributed by atoms with E-state index in [0.29, 0.717) is 29.4 Å². The molecule has 1 amide bonds. The number of amides is 1. The summed E-state index contributed by atoms with van der Waals surface area (Å²) in [6.45, 7) is 5.07. The van der Waals surface area contributed by atoms with E-state index in [9.17, 15) is 4.79 Å². The molecule has 0 fully saturated rings. The van der Waals surface area contributed by atoms with Crippen molar-refractivity contribution in [2.75, 3.05) is 30.7 Å². The molecule has 0 aromatic heterocycles. The summed E-state index contributed by atoms with van der Waals surface area (Å²) < 4.78 is 0. The Kier molecular flexibility index (Phi) is 6.78. The normalized spacial score (nSPS) is 11.1. The summed E-state index contributed by atoms with van der Waals surface area (Å²) in [5.41, 5.74) is 6.79. The third kappa shape index (κ3) is 5.36. The molecule has 0 bridgehead atoms. The van der Waals surface area contributed by atoms with Crippen LogP contribution < -0.4 is 11.1 Å². The second-order valence-corrected chi connectivity index (χ2v) is 5.36. The number of anilines is 2. The van der Waals surface area contributed by atoms with Gasteiger partial charge >= 0.3 is 0 Å². The van der Waals surface area contributed by atoms with Crippen LogP contribution in [0.25, 0.3) is 0 Å². The maximum Gasteiger partial charge on any atom is 0.238 e. The van der Waals surface area contributed by atoms with Crippen molar-refractivity contribution in [3.63, 3.8) is 0 Å². The molecule has 0 radical (unpaired) electrons. The highest BCUT2D eigenvalue weighted by Crippen LogP contribution is 2.22. The molecule has 6 heteroatoms. The van der Waals surface area contributed by atoms with Gasteiger partial charge in [0, 0.05) is 24.2 Å². The lowest BCUT2D eigenvalue weighted by Crippen LogP contribution is -2.39. The van der Waals surface area contributed by atoms with E-state index >= 15 is 0 Å². The molecular weight excluding hydrogens is 278 g/mol. The van der Waals surface area contributed by atoms with Gasteiger partial charge in [0.1, 0.15) is 0 Å². The minimum absolute atomic E-state index is 0.117. The van der Waals surface area contributed by atoms with Gasteiger partial charge in [-0.2, -0.15) is 0 Å². The van der Waals surface area contributed by atoms with E-state index in [0.717, 1.165) is 0 Å². The van der Waals surface area contributed by atoms with Gasteiger partial charge in [-0.25, -0.2) is 0 Å². The predicted octanol–water partition coefficient (Wildman–Crippen LogP) is 1.95. The lowest BCUT2D eigenvalue weighted by molar-refractivity contribution is -0.117. The molecule has 0 saturated heterocycles. The fourth-order valence-electron chi connectivity index (χ4n) is 1.80. The molecule has 1 aromatic carbocycles. The highest BCUT2D eigenvalue weighted by molar-refractivity contribution is 6.31. The van der Waals surface area contributed by atoms with E-state index < -0.39 is 0 Å². The van der Waals surface area contributed by atoms with Crippen LogP contribution >= 0.6 is 11.6 Å². The van der Waals surface area contributed by atoms with Gasteiger partial charge in [0.2, 0.25) is 5.91 Å². The van der Waals surface area contributed by atoms with Crippen molar-refractivity contribution in [2.45, 2.75) is 26.3 Å². The van der Waals surface area contributed by atoms with Gasteiger partial charge in [0.25, 0.3) is 0 Å². The first kappa shape index (κ1) is 16.8. The molecule has 20 heavy (non-hydrogen) atoms. The van der Waals surface area contributed by atoms with Crippen molar-refractivity contribution in [3.05, 3.63) is 23.2 Å². The van der Waals surface area contributed by atoms with Crippen LogP contribution in [0.15, 0.2) is 18.2 Å². The molecule has 0 aliphatic carbocycles. The monoisotopic (exact) mass is 299 g/mol. The zero-order chi connectivity index (χ0) is 15.1. The van der Waals surface area contributed by atoms with Crippen molar-refractivity contribution in [2.24, 2.45) is 0 Å². The molecule has 0 atom stereocenters. The Morgan fingerprint density at radius 3 is 2.80 bits per heavy atom. The van der Waals surface area contributed by atoms with Crippen molar-refractivity contribution in [1.82, 2.24) is 4.90 Å². The SMILES string of the molecule is CC(C)N(CCCO)CC(=O)Nc1cc(Cl)ccc1N. The molecule has 1 aromatic rings. The molecule has 0 saturated carbocycles. The first-order valence-electron chi connectivity index (χ1n) is 6.63. The van der Waals surface area contributed by atoms with Gasteiger partial charge in [-0.15, -0.1) is 0 Å². The second kappa shape index (κ2) is 8.09. The molecule has 5 nitrogen and oxygen atoms in total. The third-order valence-electron chi connectivity index (χ3n) is 2.97. The molecule has 4 N–H and O–H groups in total. The van der Waals surface area contributed by atoms with Gasteiger partial charge in [-0.1, -0.05) is 11.6 Å². The van der Waals surface area contributed by atoms with E-state index in [4.69, 9.17) is 22.4 Å². The van der Waals surface area contributed by atoms with Gasteiger partial charge in [-0.3, -0.25) is 9.69 Å².